The van der Waals surface area contributed by atoms with Crippen molar-refractivity contribution in [2.24, 2.45) is 0 Å². The Morgan fingerprint density at radius 2 is 1.92 bits per heavy atom. The van der Waals surface area contributed by atoms with Gasteiger partial charge in [-0.1, -0.05) is 30.3 Å². The number of amides is 1. The summed E-state index contributed by atoms with van der Waals surface area (Å²) in [4.78, 5) is 29.6. The first-order chi connectivity index (χ1) is 11.8. The Bertz CT molecular complexity index is 761. The van der Waals surface area contributed by atoms with Crippen molar-refractivity contribution < 1.29 is 19.1 Å². The van der Waals surface area contributed by atoms with Gasteiger partial charge in [0.2, 0.25) is 0 Å². The zero-order valence-corrected chi connectivity index (χ0v) is 14.6. The standard InChI is InChI=1S/C19H22N2O4/c1-19(2,3)25-18(23)21-11-15-14(9-10-20-15)16(21)17(22)24-12-13-7-5-4-6-8-13/h4-10,16,20H,11-12H2,1-3H3/t16-/m0/s1. The summed E-state index contributed by atoms with van der Waals surface area (Å²) < 4.78 is 10.9. The second-order valence-electron chi connectivity index (χ2n) is 7.02. The Hall–Kier alpha value is -2.76. The number of esters is 1. The van der Waals surface area contributed by atoms with Gasteiger partial charge in [0.05, 0.1) is 6.54 Å². The van der Waals surface area contributed by atoms with Crippen LogP contribution in [-0.2, 0) is 27.4 Å². The van der Waals surface area contributed by atoms with E-state index < -0.39 is 23.7 Å². The predicted octanol–water partition coefficient (Wildman–Crippen LogP) is 3.55. The second kappa shape index (κ2) is 6.63. The lowest BCUT2D eigenvalue weighted by atomic mass is 10.1. The molecular weight excluding hydrogens is 320 g/mol. The number of H-pyrrole nitrogens is 1. The summed E-state index contributed by atoms with van der Waals surface area (Å²) in [6.07, 6.45) is 1.23. The van der Waals surface area contributed by atoms with Crippen LogP contribution >= 0.6 is 0 Å². The Balaban J connectivity index is 1.75. The summed E-state index contributed by atoms with van der Waals surface area (Å²) >= 11 is 0. The molecule has 1 amide bonds. The molecule has 1 N–H and O–H groups in total. The van der Waals surface area contributed by atoms with Crippen molar-refractivity contribution in [3.63, 3.8) is 0 Å². The molecule has 1 atom stereocenters. The van der Waals surface area contributed by atoms with Crippen molar-refractivity contribution in [3.8, 4) is 0 Å². The fraction of sp³-hybridized carbons (Fsp3) is 0.368. The number of carbonyl (C=O) groups excluding carboxylic acids is 2. The van der Waals surface area contributed by atoms with Crippen molar-refractivity contribution in [3.05, 3.63) is 59.4 Å². The molecule has 132 valence electrons. The van der Waals surface area contributed by atoms with E-state index in [1.807, 2.05) is 30.3 Å². The number of fused-ring (bicyclic) bond motifs is 1. The molecule has 3 rings (SSSR count). The van der Waals surface area contributed by atoms with Crippen LogP contribution in [0.1, 0.15) is 43.6 Å². The third kappa shape index (κ3) is 3.84. The summed E-state index contributed by atoms with van der Waals surface area (Å²) in [5.74, 6) is -0.465. The van der Waals surface area contributed by atoms with Crippen molar-refractivity contribution in [2.75, 3.05) is 0 Å². The molecular formula is C19H22N2O4. The van der Waals surface area contributed by atoms with E-state index >= 15 is 0 Å². The molecule has 0 radical (unpaired) electrons. The van der Waals surface area contributed by atoms with Crippen LogP contribution in [0.2, 0.25) is 0 Å². The van der Waals surface area contributed by atoms with E-state index in [-0.39, 0.29) is 6.61 Å². The largest absolute Gasteiger partial charge is 0.459 e. The molecule has 0 saturated heterocycles. The average molecular weight is 342 g/mol. The highest BCUT2D eigenvalue weighted by Gasteiger charge is 2.42. The van der Waals surface area contributed by atoms with Gasteiger partial charge in [0.25, 0.3) is 0 Å². The fourth-order valence-electron chi connectivity index (χ4n) is 2.79. The molecule has 0 aliphatic carbocycles. The van der Waals surface area contributed by atoms with Crippen LogP contribution in [0.25, 0.3) is 0 Å². The summed E-state index contributed by atoms with van der Waals surface area (Å²) in [6.45, 7) is 5.84. The van der Waals surface area contributed by atoms with Crippen LogP contribution in [-0.4, -0.2) is 27.5 Å². The van der Waals surface area contributed by atoms with Crippen LogP contribution in [0.15, 0.2) is 42.6 Å². The van der Waals surface area contributed by atoms with Gasteiger partial charge in [0.15, 0.2) is 6.04 Å². The third-order valence-electron chi connectivity index (χ3n) is 3.88. The van der Waals surface area contributed by atoms with Crippen LogP contribution in [0.5, 0.6) is 0 Å². The quantitative estimate of drug-likeness (QED) is 0.866. The zero-order valence-electron chi connectivity index (χ0n) is 14.6. The highest BCUT2D eigenvalue weighted by molar-refractivity contribution is 5.84. The van der Waals surface area contributed by atoms with Crippen molar-refractivity contribution in [1.29, 1.82) is 0 Å². The molecule has 2 aromatic rings. The van der Waals surface area contributed by atoms with Crippen LogP contribution in [0.3, 0.4) is 0 Å². The van der Waals surface area contributed by atoms with E-state index in [1.165, 1.54) is 4.90 Å². The molecule has 2 heterocycles. The highest BCUT2D eigenvalue weighted by Crippen LogP contribution is 2.35. The summed E-state index contributed by atoms with van der Waals surface area (Å²) in [6, 6.07) is 10.4. The number of rotatable bonds is 3. The van der Waals surface area contributed by atoms with Crippen molar-refractivity contribution in [2.45, 2.75) is 45.6 Å². The molecule has 6 heteroatoms. The number of nitrogens with one attached hydrogen (secondary N) is 1. The van der Waals surface area contributed by atoms with E-state index in [1.54, 1.807) is 33.0 Å². The van der Waals surface area contributed by atoms with E-state index in [0.717, 1.165) is 16.8 Å². The topological polar surface area (TPSA) is 71.6 Å². The van der Waals surface area contributed by atoms with Gasteiger partial charge in [-0.25, -0.2) is 9.59 Å². The molecule has 0 spiro atoms. The zero-order chi connectivity index (χ0) is 18.0. The van der Waals surface area contributed by atoms with Gasteiger partial charge in [-0.2, -0.15) is 0 Å². The highest BCUT2D eigenvalue weighted by atomic mass is 16.6. The van der Waals surface area contributed by atoms with Crippen LogP contribution in [0, 0.1) is 0 Å². The van der Waals surface area contributed by atoms with Crippen LogP contribution < -0.4 is 0 Å². The Morgan fingerprint density at radius 1 is 1.20 bits per heavy atom. The lowest BCUT2D eigenvalue weighted by Crippen LogP contribution is -2.39. The minimum Gasteiger partial charge on any atom is -0.459 e. The fourth-order valence-corrected chi connectivity index (χ4v) is 2.79. The first-order valence-corrected chi connectivity index (χ1v) is 8.21. The monoisotopic (exact) mass is 342 g/mol. The molecule has 1 aromatic heterocycles. The third-order valence-corrected chi connectivity index (χ3v) is 3.88. The Morgan fingerprint density at radius 3 is 2.60 bits per heavy atom. The smallest absolute Gasteiger partial charge is 0.411 e. The Labute approximate surface area is 146 Å². The van der Waals surface area contributed by atoms with E-state index in [4.69, 9.17) is 9.47 Å². The van der Waals surface area contributed by atoms with Gasteiger partial charge >= 0.3 is 12.1 Å². The summed E-state index contributed by atoms with van der Waals surface area (Å²) in [5, 5.41) is 0. The predicted molar refractivity (Wildman–Crippen MR) is 91.5 cm³/mol. The lowest BCUT2D eigenvalue weighted by Gasteiger charge is -2.27. The maximum Gasteiger partial charge on any atom is 0.411 e. The minimum atomic E-state index is -0.792. The molecule has 6 nitrogen and oxygen atoms in total. The molecule has 1 aliphatic heterocycles. The SMILES string of the molecule is CC(C)(C)OC(=O)N1Cc2[nH]ccc2[C@H]1C(=O)OCc1ccccc1. The molecule has 0 saturated carbocycles. The number of hydrogen-bond donors (Lipinski definition) is 1. The van der Waals surface area contributed by atoms with Crippen LogP contribution in [0.4, 0.5) is 4.79 Å². The first kappa shape index (κ1) is 17.1. The minimum absolute atomic E-state index is 0.165. The number of nitrogens with zero attached hydrogens (tertiary/aromatic N) is 1. The Kier molecular flexibility index (Phi) is 4.53. The maximum absolute atomic E-state index is 12.7. The molecule has 25 heavy (non-hydrogen) atoms. The summed E-state index contributed by atoms with van der Waals surface area (Å²) in [7, 11) is 0. The molecule has 0 fully saturated rings. The van der Waals surface area contributed by atoms with Gasteiger partial charge in [-0.05, 0) is 32.4 Å². The number of benzene rings is 1. The lowest BCUT2D eigenvalue weighted by molar-refractivity contribution is -0.151. The second-order valence-corrected chi connectivity index (χ2v) is 7.02. The average Bonchev–Trinajstić information content (AvgIpc) is 3.12. The molecule has 0 unspecified atom stereocenters. The first-order valence-electron chi connectivity index (χ1n) is 8.21. The molecule has 1 aliphatic rings. The number of aromatic nitrogens is 1. The molecule has 0 bridgehead atoms. The van der Waals surface area contributed by atoms with E-state index in [2.05, 4.69) is 4.98 Å². The normalized spacial score (nSPS) is 16.4. The van der Waals surface area contributed by atoms with Gasteiger partial charge in [0, 0.05) is 17.5 Å². The number of carbonyl (C=O) groups is 2. The number of ether oxygens (including phenoxy) is 2. The van der Waals surface area contributed by atoms with Gasteiger partial charge in [0.1, 0.15) is 12.2 Å². The summed E-state index contributed by atoms with van der Waals surface area (Å²) in [5.41, 5.74) is 1.84. The number of hydrogen-bond acceptors (Lipinski definition) is 4. The van der Waals surface area contributed by atoms with Crippen molar-refractivity contribution in [1.82, 2.24) is 9.88 Å². The van der Waals surface area contributed by atoms with Gasteiger partial charge in [-0.3, -0.25) is 4.90 Å². The number of aromatic amines is 1. The van der Waals surface area contributed by atoms with Gasteiger partial charge in [-0.15, -0.1) is 0 Å². The van der Waals surface area contributed by atoms with E-state index in [9.17, 15) is 9.59 Å². The molecule has 1 aromatic carbocycles. The van der Waals surface area contributed by atoms with E-state index in [0.29, 0.717) is 6.54 Å². The van der Waals surface area contributed by atoms with Crippen molar-refractivity contribution >= 4 is 12.1 Å². The van der Waals surface area contributed by atoms with Gasteiger partial charge < -0.3 is 14.5 Å². The maximum atomic E-state index is 12.7.